The lowest BCUT2D eigenvalue weighted by Gasteiger charge is -2.07. The van der Waals surface area contributed by atoms with Gasteiger partial charge in [-0.05, 0) is 36.1 Å². The van der Waals surface area contributed by atoms with E-state index in [0.717, 1.165) is 36.4 Å². The van der Waals surface area contributed by atoms with Crippen molar-refractivity contribution in [2.24, 2.45) is 0 Å². The van der Waals surface area contributed by atoms with Crippen molar-refractivity contribution in [2.45, 2.75) is 19.4 Å². The first-order valence-electron chi connectivity index (χ1n) is 8.90. The number of thioether (sulfide) groups is 1. The van der Waals surface area contributed by atoms with E-state index in [-0.39, 0.29) is 5.12 Å². The number of aryl methyl sites for hydroxylation is 1. The van der Waals surface area contributed by atoms with Crippen LogP contribution in [0.3, 0.4) is 0 Å². The van der Waals surface area contributed by atoms with Crippen LogP contribution >= 0.6 is 11.8 Å². The van der Waals surface area contributed by atoms with E-state index in [1.165, 1.54) is 22.9 Å². The fraction of sp³-hybridized carbons (Fsp3) is 0.174. The van der Waals surface area contributed by atoms with Crippen molar-refractivity contribution in [1.82, 2.24) is 0 Å². The van der Waals surface area contributed by atoms with Gasteiger partial charge in [0.1, 0.15) is 0 Å². The van der Waals surface area contributed by atoms with Crippen LogP contribution in [0.15, 0.2) is 84.9 Å². The Labute approximate surface area is 159 Å². The summed E-state index contributed by atoms with van der Waals surface area (Å²) in [6, 6.07) is 28.4. The van der Waals surface area contributed by atoms with E-state index >= 15 is 0 Å². The van der Waals surface area contributed by atoms with Gasteiger partial charge in [-0.15, -0.1) is 0 Å². The number of benzene rings is 3. The third kappa shape index (κ3) is 5.78. The number of anilines is 1. The Kier molecular flexibility index (Phi) is 6.91. The van der Waals surface area contributed by atoms with Crippen molar-refractivity contribution in [2.75, 3.05) is 11.1 Å². The molecule has 2 nitrogen and oxygen atoms in total. The van der Waals surface area contributed by atoms with Crippen LogP contribution in [-0.2, 0) is 13.0 Å². The molecule has 0 aliphatic rings. The van der Waals surface area contributed by atoms with Gasteiger partial charge in [0.25, 0.3) is 0 Å². The van der Waals surface area contributed by atoms with Crippen LogP contribution in [0.25, 0.3) is 0 Å². The number of rotatable bonds is 8. The third-order valence-corrected chi connectivity index (χ3v) is 5.14. The van der Waals surface area contributed by atoms with Gasteiger partial charge in [-0.3, -0.25) is 4.79 Å². The highest BCUT2D eigenvalue weighted by Gasteiger charge is 2.06. The highest BCUT2D eigenvalue weighted by molar-refractivity contribution is 8.14. The molecular formula is C23H23NOS. The van der Waals surface area contributed by atoms with Crippen LogP contribution in [0.1, 0.15) is 27.9 Å². The second-order valence-corrected chi connectivity index (χ2v) is 7.21. The van der Waals surface area contributed by atoms with Gasteiger partial charge in [-0.2, -0.15) is 0 Å². The first-order valence-corrected chi connectivity index (χ1v) is 9.89. The Morgan fingerprint density at radius 1 is 0.769 bits per heavy atom. The van der Waals surface area contributed by atoms with E-state index in [1.54, 1.807) is 0 Å². The summed E-state index contributed by atoms with van der Waals surface area (Å²) in [6.07, 6.45) is 2.03. The lowest BCUT2D eigenvalue weighted by Crippen LogP contribution is -2.00. The summed E-state index contributed by atoms with van der Waals surface area (Å²) in [6.45, 7) is 0.753. The summed E-state index contributed by atoms with van der Waals surface area (Å²) >= 11 is 1.41. The summed E-state index contributed by atoms with van der Waals surface area (Å²) in [5.74, 6) is 0.852. The molecule has 0 unspecified atom stereocenters. The lowest BCUT2D eigenvalue weighted by molar-refractivity contribution is 0.108. The van der Waals surface area contributed by atoms with Crippen LogP contribution < -0.4 is 5.32 Å². The van der Waals surface area contributed by atoms with E-state index in [9.17, 15) is 4.79 Å². The Morgan fingerprint density at radius 2 is 1.42 bits per heavy atom. The largest absolute Gasteiger partial charge is 0.381 e. The molecule has 0 spiro atoms. The van der Waals surface area contributed by atoms with Gasteiger partial charge < -0.3 is 5.32 Å². The minimum absolute atomic E-state index is 0.153. The number of hydrogen-bond acceptors (Lipinski definition) is 3. The van der Waals surface area contributed by atoms with Crippen LogP contribution in [-0.4, -0.2) is 10.9 Å². The van der Waals surface area contributed by atoms with Gasteiger partial charge in [-0.25, -0.2) is 0 Å². The fourth-order valence-electron chi connectivity index (χ4n) is 2.69. The molecule has 0 aromatic heterocycles. The molecule has 0 radical (unpaired) electrons. The van der Waals surface area contributed by atoms with Gasteiger partial charge in [0.05, 0.1) is 0 Å². The summed E-state index contributed by atoms with van der Waals surface area (Å²) in [7, 11) is 0. The Hall–Kier alpha value is -2.52. The molecule has 0 fully saturated rings. The third-order valence-electron chi connectivity index (χ3n) is 4.15. The molecule has 0 aliphatic carbocycles. The number of nitrogens with one attached hydrogen (secondary N) is 1. The summed E-state index contributed by atoms with van der Waals surface area (Å²) in [5, 5.41) is 3.53. The number of hydrogen-bond donors (Lipinski definition) is 1. The average molecular weight is 362 g/mol. The van der Waals surface area contributed by atoms with Gasteiger partial charge in [-0.1, -0.05) is 84.6 Å². The molecule has 3 heteroatoms. The van der Waals surface area contributed by atoms with Crippen LogP contribution in [0, 0.1) is 0 Å². The van der Waals surface area contributed by atoms with Crippen LogP contribution in [0.2, 0.25) is 0 Å². The molecule has 0 saturated carbocycles. The standard InChI is InChI=1S/C23H23NOS/c25-23(26-17-7-10-19-8-3-1-4-9-19)21-15-13-20(14-16-21)18-24-22-11-5-2-6-12-22/h1-6,8-9,11-16,24H,7,10,17-18H2. The molecule has 26 heavy (non-hydrogen) atoms. The predicted molar refractivity (Wildman–Crippen MR) is 112 cm³/mol. The molecule has 3 aromatic rings. The maximum Gasteiger partial charge on any atom is 0.219 e. The summed E-state index contributed by atoms with van der Waals surface area (Å²) in [4.78, 5) is 12.3. The monoisotopic (exact) mass is 361 g/mol. The molecule has 1 N–H and O–H groups in total. The van der Waals surface area contributed by atoms with E-state index in [1.807, 2.05) is 60.7 Å². The molecule has 3 aromatic carbocycles. The van der Waals surface area contributed by atoms with Gasteiger partial charge in [0.15, 0.2) is 0 Å². The highest BCUT2D eigenvalue weighted by atomic mass is 32.2. The molecule has 132 valence electrons. The van der Waals surface area contributed by atoms with Crippen LogP contribution in [0.4, 0.5) is 5.69 Å². The summed E-state index contributed by atoms with van der Waals surface area (Å²) < 4.78 is 0. The van der Waals surface area contributed by atoms with Crippen molar-refractivity contribution >= 4 is 22.6 Å². The maximum atomic E-state index is 12.3. The molecule has 0 bridgehead atoms. The van der Waals surface area contributed by atoms with Crippen molar-refractivity contribution in [3.8, 4) is 0 Å². The molecule has 0 atom stereocenters. The number of para-hydroxylation sites is 1. The molecule has 0 heterocycles. The Morgan fingerprint density at radius 3 is 2.12 bits per heavy atom. The zero-order valence-electron chi connectivity index (χ0n) is 14.7. The molecular weight excluding hydrogens is 338 g/mol. The lowest BCUT2D eigenvalue weighted by atomic mass is 10.1. The van der Waals surface area contributed by atoms with Crippen molar-refractivity contribution in [3.05, 3.63) is 102 Å². The fourth-order valence-corrected chi connectivity index (χ4v) is 3.46. The normalized spacial score (nSPS) is 10.5. The smallest absolute Gasteiger partial charge is 0.219 e. The Bertz CT molecular complexity index is 801. The van der Waals surface area contributed by atoms with E-state index < -0.39 is 0 Å². The second kappa shape index (κ2) is 9.83. The molecule has 0 aliphatic heterocycles. The zero-order chi connectivity index (χ0) is 18.0. The van der Waals surface area contributed by atoms with E-state index in [2.05, 4.69) is 29.6 Å². The van der Waals surface area contributed by atoms with Gasteiger partial charge in [0.2, 0.25) is 5.12 Å². The average Bonchev–Trinajstić information content (AvgIpc) is 2.71. The van der Waals surface area contributed by atoms with Crippen molar-refractivity contribution in [3.63, 3.8) is 0 Å². The zero-order valence-corrected chi connectivity index (χ0v) is 15.5. The van der Waals surface area contributed by atoms with Crippen molar-refractivity contribution in [1.29, 1.82) is 0 Å². The Balaban J connectivity index is 1.41. The molecule has 0 saturated heterocycles. The first-order chi connectivity index (χ1) is 12.8. The van der Waals surface area contributed by atoms with Gasteiger partial charge in [0, 0.05) is 23.5 Å². The highest BCUT2D eigenvalue weighted by Crippen LogP contribution is 2.16. The van der Waals surface area contributed by atoms with E-state index in [4.69, 9.17) is 0 Å². The topological polar surface area (TPSA) is 29.1 Å². The molecule has 0 amide bonds. The quantitative estimate of drug-likeness (QED) is 0.514. The minimum atomic E-state index is 0.153. The SMILES string of the molecule is O=C(SCCCc1ccccc1)c1ccc(CNc2ccccc2)cc1. The second-order valence-electron chi connectivity index (χ2n) is 6.14. The van der Waals surface area contributed by atoms with Gasteiger partial charge >= 0.3 is 0 Å². The first kappa shape index (κ1) is 18.3. The van der Waals surface area contributed by atoms with Crippen molar-refractivity contribution < 1.29 is 4.79 Å². The van der Waals surface area contributed by atoms with E-state index in [0.29, 0.717) is 0 Å². The predicted octanol–water partition coefficient (Wildman–Crippen LogP) is 5.80. The van der Waals surface area contributed by atoms with Crippen LogP contribution in [0.5, 0.6) is 0 Å². The molecule has 3 rings (SSSR count). The number of carbonyl (C=O) groups excluding carboxylic acids is 1. The number of carbonyl (C=O) groups is 1. The minimum Gasteiger partial charge on any atom is -0.381 e. The summed E-state index contributed by atoms with van der Waals surface area (Å²) in [5.41, 5.74) is 4.37. The maximum absolute atomic E-state index is 12.3.